The predicted molar refractivity (Wildman–Crippen MR) is 99.4 cm³/mol. The molecule has 0 aliphatic heterocycles. The van der Waals surface area contributed by atoms with E-state index < -0.39 is 0 Å². The Morgan fingerprint density at radius 3 is 2.44 bits per heavy atom. The highest BCUT2D eigenvalue weighted by molar-refractivity contribution is 6.33. The summed E-state index contributed by atoms with van der Waals surface area (Å²) < 4.78 is 0. The van der Waals surface area contributed by atoms with Gasteiger partial charge >= 0.3 is 0 Å². The maximum absolute atomic E-state index is 9.83. The fourth-order valence-corrected chi connectivity index (χ4v) is 2.97. The van der Waals surface area contributed by atoms with Crippen molar-refractivity contribution in [1.82, 2.24) is 15.0 Å². The van der Waals surface area contributed by atoms with E-state index in [0.29, 0.717) is 10.8 Å². The molecule has 0 bridgehead atoms. The number of rotatable bonds is 3. The largest absolute Gasteiger partial charge is 0.508 e. The molecule has 0 amide bonds. The Labute approximate surface area is 149 Å². The van der Waals surface area contributed by atoms with Crippen molar-refractivity contribution in [2.45, 2.75) is 0 Å². The molecule has 2 aromatic carbocycles. The van der Waals surface area contributed by atoms with E-state index in [-0.39, 0.29) is 5.75 Å². The van der Waals surface area contributed by atoms with Crippen LogP contribution in [-0.4, -0.2) is 20.1 Å². The third-order valence-corrected chi connectivity index (χ3v) is 4.25. The van der Waals surface area contributed by atoms with Crippen LogP contribution in [0.4, 0.5) is 0 Å². The maximum atomic E-state index is 9.83. The number of pyridine rings is 1. The van der Waals surface area contributed by atoms with E-state index >= 15 is 0 Å². The lowest BCUT2D eigenvalue weighted by molar-refractivity contribution is 0.475. The van der Waals surface area contributed by atoms with Crippen LogP contribution in [0.15, 0.2) is 73.1 Å². The normalized spacial score (nSPS) is 10.8. The van der Waals surface area contributed by atoms with Crippen LogP contribution in [0.1, 0.15) is 0 Å². The van der Waals surface area contributed by atoms with Crippen molar-refractivity contribution in [3.8, 4) is 39.7 Å². The third-order valence-electron chi connectivity index (χ3n) is 3.92. The Bertz CT molecular complexity index is 1030. The lowest BCUT2D eigenvalue weighted by atomic mass is 10.1. The molecule has 25 heavy (non-hydrogen) atoms. The quantitative estimate of drug-likeness (QED) is 0.537. The summed E-state index contributed by atoms with van der Waals surface area (Å²) in [6.07, 6.45) is 3.47. The zero-order valence-electron chi connectivity index (χ0n) is 13.1. The minimum Gasteiger partial charge on any atom is -0.508 e. The Morgan fingerprint density at radius 2 is 1.68 bits per heavy atom. The lowest BCUT2D eigenvalue weighted by Crippen LogP contribution is -1.84. The molecule has 5 heteroatoms. The van der Waals surface area contributed by atoms with Gasteiger partial charge in [-0.2, -0.15) is 0 Å². The highest BCUT2D eigenvalue weighted by atomic mass is 35.5. The molecule has 0 saturated carbocycles. The van der Waals surface area contributed by atoms with Gasteiger partial charge < -0.3 is 10.1 Å². The topological polar surface area (TPSA) is 61.8 Å². The van der Waals surface area contributed by atoms with Gasteiger partial charge in [0, 0.05) is 29.1 Å². The molecule has 4 rings (SSSR count). The molecule has 0 unspecified atom stereocenters. The molecule has 2 N–H and O–H groups in total. The second kappa shape index (κ2) is 6.42. The molecule has 0 aliphatic rings. The van der Waals surface area contributed by atoms with E-state index in [1.165, 1.54) is 0 Å². The summed E-state index contributed by atoms with van der Waals surface area (Å²) in [5, 5.41) is 10.5. The van der Waals surface area contributed by atoms with Crippen LogP contribution in [0.25, 0.3) is 33.9 Å². The highest BCUT2D eigenvalue weighted by Crippen LogP contribution is 2.35. The van der Waals surface area contributed by atoms with Gasteiger partial charge in [-0.15, -0.1) is 0 Å². The monoisotopic (exact) mass is 347 g/mol. The lowest BCUT2D eigenvalue weighted by Gasteiger charge is -2.03. The Balaban J connectivity index is 1.94. The van der Waals surface area contributed by atoms with Gasteiger partial charge in [0.1, 0.15) is 11.6 Å². The van der Waals surface area contributed by atoms with Crippen LogP contribution in [0.2, 0.25) is 5.02 Å². The summed E-state index contributed by atoms with van der Waals surface area (Å²) >= 11 is 6.33. The number of phenolic OH excluding ortho intramolecular Hbond substituents is 1. The summed E-state index contributed by atoms with van der Waals surface area (Å²) in [4.78, 5) is 12.2. The number of halogens is 1. The number of imidazole rings is 1. The molecule has 0 radical (unpaired) electrons. The third kappa shape index (κ3) is 2.99. The number of aromatic nitrogens is 3. The standard InChI is InChI=1S/C20H14ClN3O/c21-17-7-2-1-6-16(17)20-23-18(13-8-10-22-11-9-13)19(24-20)14-4-3-5-15(25)12-14/h1-12,25H,(H,23,24). The average molecular weight is 348 g/mol. The first-order valence-corrected chi connectivity index (χ1v) is 8.15. The van der Waals surface area contributed by atoms with Crippen LogP contribution in [0.5, 0.6) is 5.75 Å². The number of nitrogens with zero attached hydrogens (tertiary/aromatic N) is 2. The molecular weight excluding hydrogens is 334 g/mol. The number of nitrogens with one attached hydrogen (secondary N) is 1. The molecule has 2 aromatic heterocycles. The predicted octanol–water partition coefficient (Wildman–Crippen LogP) is 5.16. The molecule has 2 heterocycles. The second-order valence-corrected chi connectivity index (χ2v) is 5.98. The molecular formula is C20H14ClN3O. The van der Waals surface area contributed by atoms with Crippen molar-refractivity contribution in [1.29, 1.82) is 0 Å². The first kappa shape index (κ1) is 15.4. The molecule has 122 valence electrons. The van der Waals surface area contributed by atoms with E-state index in [4.69, 9.17) is 16.6 Å². The minimum atomic E-state index is 0.195. The summed E-state index contributed by atoms with van der Waals surface area (Å²) in [5.41, 5.74) is 4.20. The maximum Gasteiger partial charge on any atom is 0.140 e. The number of H-pyrrole nitrogens is 1. The van der Waals surface area contributed by atoms with Crippen LogP contribution in [0, 0.1) is 0 Å². The summed E-state index contributed by atoms with van der Waals surface area (Å²) in [6, 6.07) is 18.4. The van der Waals surface area contributed by atoms with Crippen molar-refractivity contribution in [2.24, 2.45) is 0 Å². The van der Waals surface area contributed by atoms with Gasteiger partial charge in [0.05, 0.1) is 16.4 Å². The summed E-state index contributed by atoms with van der Waals surface area (Å²) in [7, 11) is 0. The Kier molecular flexibility index (Phi) is 3.96. The molecule has 0 aliphatic carbocycles. The van der Waals surface area contributed by atoms with E-state index in [1.54, 1.807) is 30.6 Å². The summed E-state index contributed by atoms with van der Waals surface area (Å²) in [6.45, 7) is 0. The molecule has 0 spiro atoms. The SMILES string of the molecule is Oc1cccc(-c2nc(-c3ccccc3Cl)[nH]c2-c2ccncc2)c1. The van der Waals surface area contributed by atoms with Crippen LogP contribution < -0.4 is 0 Å². The molecule has 4 aromatic rings. The first-order valence-electron chi connectivity index (χ1n) is 7.77. The number of phenols is 1. The first-order chi connectivity index (χ1) is 12.2. The van der Waals surface area contributed by atoms with Crippen molar-refractivity contribution >= 4 is 11.6 Å². The molecule has 0 saturated heterocycles. The van der Waals surface area contributed by atoms with Crippen molar-refractivity contribution < 1.29 is 5.11 Å². The van der Waals surface area contributed by atoms with E-state index in [0.717, 1.165) is 28.1 Å². The minimum absolute atomic E-state index is 0.195. The molecule has 0 fully saturated rings. The number of aromatic hydroxyl groups is 1. The Morgan fingerprint density at radius 1 is 0.880 bits per heavy atom. The van der Waals surface area contributed by atoms with Gasteiger partial charge in [-0.3, -0.25) is 4.98 Å². The van der Waals surface area contributed by atoms with Gasteiger partial charge in [-0.05, 0) is 36.4 Å². The van der Waals surface area contributed by atoms with E-state index in [2.05, 4.69) is 9.97 Å². The molecule has 0 atom stereocenters. The number of hydrogen-bond acceptors (Lipinski definition) is 3. The van der Waals surface area contributed by atoms with E-state index in [9.17, 15) is 5.11 Å². The zero-order valence-corrected chi connectivity index (χ0v) is 13.9. The second-order valence-electron chi connectivity index (χ2n) is 5.58. The van der Waals surface area contributed by atoms with Crippen molar-refractivity contribution in [3.05, 3.63) is 78.1 Å². The van der Waals surface area contributed by atoms with Gasteiger partial charge in [-0.25, -0.2) is 4.98 Å². The zero-order chi connectivity index (χ0) is 17.2. The Hall–Kier alpha value is -3.11. The average Bonchev–Trinajstić information content (AvgIpc) is 3.08. The number of benzene rings is 2. The van der Waals surface area contributed by atoms with Gasteiger partial charge in [0.25, 0.3) is 0 Å². The van der Waals surface area contributed by atoms with Crippen molar-refractivity contribution in [3.63, 3.8) is 0 Å². The van der Waals surface area contributed by atoms with Crippen LogP contribution in [-0.2, 0) is 0 Å². The molecule has 4 nitrogen and oxygen atoms in total. The van der Waals surface area contributed by atoms with Gasteiger partial charge in [-0.1, -0.05) is 35.9 Å². The van der Waals surface area contributed by atoms with Gasteiger partial charge in [0.15, 0.2) is 0 Å². The van der Waals surface area contributed by atoms with Crippen LogP contribution in [0.3, 0.4) is 0 Å². The van der Waals surface area contributed by atoms with Gasteiger partial charge in [0.2, 0.25) is 0 Å². The van der Waals surface area contributed by atoms with Crippen LogP contribution >= 0.6 is 11.6 Å². The smallest absolute Gasteiger partial charge is 0.140 e. The number of hydrogen-bond donors (Lipinski definition) is 2. The van der Waals surface area contributed by atoms with E-state index in [1.807, 2.05) is 42.5 Å². The fraction of sp³-hybridized carbons (Fsp3) is 0. The highest BCUT2D eigenvalue weighted by Gasteiger charge is 2.16. The fourth-order valence-electron chi connectivity index (χ4n) is 2.74. The number of aromatic amines is 1. The summed E-state index contributed by atoms with van der Waals surface area (Å²) in [5.74, 6) is 0.872. The van der Waals surface area contributed by atoms with Crippen molar-refractivity contribution in [2.75, 3.05) is 0 Å².